The lowest BCUT2D eigenvalue weighted by Gasteiger charge is -2.18. The highest BCUT2D eigenvalue weighted by molar-refractivity contribution is 6.05. The topological polar surface area (TPSA) is 102 Å². The van der Waals surface area contributed by atoms with Gasteiger partial charge in [0.1, 0.15) is 0 Å². The highest BCUT2D eigenvalue weighted by atomic mass is 16.6. The Morgan fingerprint density at radius 1 is 1.07 bits per heavy atom. The summed E-state index contributed by atoms with van der Waals surface area (Å²) in [6.45, 7) is 5.04. The maximum absolute atomic E-state index is 12.4. The molecular weight excluding hydrogens is 350 g/mol. The summed E-state index contributed by atoms with van der Waals surface area (Å²) >= 11 is 0. The van der Waals surface area contributed by atoms with Crippen molar-refractivity contribution in [2.24, 2.45) is 0 Å². The number of benzene rings is 2. The van der Waals surface area contributed by atoms with E-state index in [4.69, 9.17) is 4.74 Å². The van der Waals surface area contributed by atoms with Crippen LogP contribution < -0.4 is 10.1 Å². The van der Waals surface area contributed by atoms with Crippen LogP contribution in [0.4, 0.5) is 11.4 Å². The van der Waals surface area contributed by atoms with E-state index in [-0.39, 0.29) is 22.9 Å². The Kier molecular flexibility index (Phi) is 6.48. The molecule has 2 aromatic rings. The summed E-state index contributed by atoms with van der Waals surface area (Å²) in [4.78, 5) is 36.8. The monoisotopic (exact) mass is 371 g/mol. The van der Waals surface area contributed by atoms with Crippen molar-refractivity contribution >= 4 is 23.2 Å². The van der Waals surface area contributed by atoms with E-state index in [9.17, 15) is 19.7 Å². The van der Waals surface area contributed by atoms with Gasteiger partial charge in [-0.1, -0.05) is 0 Å². The Balaban J connectivity index is 2.15. The minimum Gasteiger partial charge on any atom is -0.490 e. The van der Waals surface area contributed by atoms with Crippen molar-refractivity contribution in [1.29, 1.82) is 0 Å². The zero-order chi connectivity index (χ0) is 20.0. The Hall–Kier alpha value is -3.42. The molecular formula is C19H21N3O5. The molecule has 142 valence electrons. The number of methoxy groups -OCH3 is 1. The predicted octanol–water partition coefficient (Wildman–Crippen LogP) is 3.34. The summed E-state index contributed by atoms with van der Waals surface area (Å²) in [6.07, 6.45) is 0. The first-order chi connectivity index (χ1) is 12.9. The molecule has 0 saturated carbocycles. The van der Waals surface area contributed by atoms with Crippen molar-refractivity contribution in [3.63, 3.8) is 0 Å². The van der Waals surface area contributed by atoms with Gasteiger partial charge in [-0.25, -0.2) is 0 Å². The van der Waals surface area contributed by atoms with Crippen molar-refractivity contribution in [1.82, 2.24) is 4.90 Å². The lowest BCUT2D eigenvalue weighted by atomic mass is 10.1. The minimum atomic E-state index is -0.608. The van der Waals surface area contributed by atoms with Gasteiger partial charge in [-0.15, -0.1) is 0 Å². The average molecular weight is 371 g/mol. The normalized spacial score (nSPS) is 10.2. The van der Waals surface area contributed by atoms with Crippen LogP contribution >= 0.6 is 0 Å². The Morgan fingerprint density at radius 2 is 1.67 bits per heavy atom. The molecule has 0 radical (unpaired) electrons. The molecule has 0 unspecified atom stereocenters. The van der Waals surface area contributed by atoms with Gasteiger partial charge in [-0.2, -0.15) is 0 Å². The van der Waals surface area contributed by atoms with Crippen molar-refractivity contribution < 1.29 is 19.2 Å². The van der Waals surface area contributed by atoms with E-state index in [0.717, 1.165) is 6.07 Å². The molecule has 0 atom stereocenters. The zero-order valence-corrected chi connectivity index (χ0v) is 15.4. The predicted molar refractivity (Wildman–Crippen MR) is 101 cm³/mol. The van der Waals surface area contributed by atoms with Gasteiger partial charge in [0.25, 0.3) is 11.8 Å². The molecule has 27 heavy (non-hydrogen) atoms. The van der Waals surface area contributed by atoms with Crippen LogP contribution in [0.2, 0.25) is 0 Å². The number of carbonyl (C=O) groups is 2. The van der Waals surface area contributed by atoms with Gasteiger partial charge >= 0.3 is 5.69 Å². The number of anilines is 1. The average Bonchev–Trinajstić information content (AvgIpc) is 2.68. The highest BCUT2D eigenvalue weighted by Crippen LogP contribution is 2.27. The molecule has 0 aliphatic rings. The molecule has 2 amide bonds. The molecule has 0 heterocycles. The quantitative estimate of drug-likeness (QED) is 0.594. The third-order valence-electron chi connectivity index (χ3n) is 4.08. The van der Waals surface area contributed by atoms with E-state index in [1.54, 1.807) is 29.2 Å². The maximum Gasteiger partial charge on any atom is 0.311 e. The first kappa shape index (κ1) is 19.9. The van der Waals surface area contributed by atoms with E-state index < -0.39 is 10.8 Å². The van der Waals surface area contributed by atoms with Crippen molar-refractivity contribution in [3.05, 3.63) is 63.7 Å². The number of carbonyl (C=O) groups excluding carboxylic acids is 2. The Bertz CT molecular complexity index is 845. The lowest BCUT2D eigenvalue weighted by molar-refractivity contribution is -0.385. The van der Waals surface area contributed by atoms with Crippen LogP contribution in [0.3, 0.4) is 0 Å². The van der Waals surface area contributed by atoms with Gasteiger partial charge in [0.2, 0.25) is 0 Å². The van der Waals surface area contributed by atoms with E-state index in [0.29, 0.717) is 24.3 Å². The number of amides is 2. The molecule has 1 N–H and O–H groups in total. The molecule has 0 fully saturated rings. The van der Waals surface area contributed by atoms with Crippen LogP contribution in [0.25, 0.3) is 0 Å². The fraction of sp³-hybridized carbons (Fsp3) is 0.263. The molecule has 0 saturated heterocycles. The van der Waals surface area contributed by atoms with Gasteiger partial charge in [-0.05, 0) is 50.2 Å². The molecule has 0 aliphatic carbocycles. The smallest absolute Gasteiger partial charge is 0.311 e. The molecule has 2 rings (SSSR count). The molecule has 8 nitrogen and oxygen atoms in total. The SMILES string of the molecule is CCN(CC)C(=O)c1ccc(NC(=O)c2ccc(OC)c([N+](=O)[O-])c2)cc1. The largest absolute Gasteiger partial charge is 0.490 e. The third-order valence-corrected chi connectivity index (χ3v) is 4.08. The maximum atomic E-state index is 12.4. The van der Waals surface area contributed by atoms with Crippen LogP contribution in [0.5, 0.6) is 5.75 Å². The second-order valence-corrected chi connectivity index (χ2v) is 5.65. The van der Waals surface area contributed by atoms with Crippen molar-refractivity contribution in [2.45, 2.75) is 13.8 Å². The van der Waals surface area contributed by atoms with E-state index in [1.807, 2.05) is 13.8 Å². The number of nitrogens with one attached hydrogen (secondary N) is 1. The number of rotatable bonds is 7. The summed E-state index contributed by atoms with van der Waals surface area (Å²) in [5.41, 5.74) is 0.850. The zero-order valence-electron chi connectivity index (χ0n) is 15.4. The molecule has 0 aliphatic heterocycles. The molecule has 8 heteroatoms. The van der Waals surface area contributed by atoms with Gasteiger partial charge < -0.3 is 15.0 Å². The Morgan fingerprint density at radius 3 is 2.19 bits per heavy atom. The fourth-order valence-corrected chi connectivity index (χ4v) is 2.57. The van der Waals surface area contributed by atoms with Crippen LogP contribution in [-0.4, -0.2) is 41.8 Å². The second kappa shape index (κ2) is 8.79. The third kappa shape index (κ3) is 4.60. The van der Waals surface area contributed by atoms with E-state index in [2.05, 4.69) is 5.32 Å². The Labute approximate surface area is 156 Å². The summed E-state index contributed by atoms with van der Waals surface area (Å²) in [5.74, 6) is -0.497. The van der Waals surface area contributed by atoms with Crippen LogP contribution in [0.1, 0.15) is 34.6 Å². The minimum absolute atomic E-state index is 0.0795. The standard InChI is InChI=1S/C19H21N3O5/c1-4-21(5-2)19(24)13-6-9-15(10-7-13)20-18(23)14-8-11-17(27-3)16(12-14)22(25)26/h6-12H,4-5H2,1-3H3,(H,20,23). The van der Waals surface area contributed by atoms with Gasteiger partial charge in [0.05, 0.1) is 12.0 Å². The van der Waals surface area contributed by atoms with E-state index in [1.165, 1.54) is 19.2 Å². The van der Waals surface area contributed by atoms with E-state index >= 15 is 0 Å². The van der Waals surface area contributed by atoms with Gasteiger partial charge in [0, 0.05) is 36.0 Å². The molecule has 0 aromatic heterocycles. The molecule has 0 bridgehead atoms. The van der Waals surface area contributed by atoms with Gasteiger partial charge in [-0.3, -0.25) is 19.7 Å². The number of ether oxygens (including phenoxy) is 1. The second-order valence-electron chi connectivity index (χ2n) is 5.65. The van der Waals surface area contributed by atoms with Crippen LogP contribution in [0, 0.1) is 10.1 Å². The summed E-state index contributed by atoms with van der Waals surface area (Å²) in [5, 5.41) is 13.7. The first-order valence-electron chi connectivity index (χ1n) is 8.44. The summed E-state index contributed by atoms with van der Waals surface area (Å²) in [7, 11) is 1.32. The summed E-state index contributed by atoms with van der Waals surface area (Å²) in [6, 6.07) is 10.5. The van der Waals surface area contributed by atoms with Crippen molar-refractivity contribution in [3.8, 4) is 5.75 Å². The number of nitro groups is 1. The number of nitrogens with zero attached hydrogens (tertiary/aromatic N) is 2. The summed E-state index contributed by atoms with van der Waals surface area (Å²) < 4.78 is 4.92. The van der Waals surface area contributed by atoms with Crippen molar-refractivity contribution in [2.75, 3.05) is 25.5 Å². The number of hydrogen-bond donors (Lipinski definition) is 1. The highest BCUT2D eigenvalue weighted by Gasteiger charge is 2.18. The fourth-order valence-electron chi connectivity index (χ4n) is 2.57. The molecule has 2 aromatic carbocycles. The molecule has 0 spiro atoms. The lowest BCUT2D eigenvalue weighted by Crippen LogP contribution is -2.30. The van der Waals surface area contributed by atoms with Gasteiger partial charge in [0.15, 0.2) is 5.75 Å². The number of nitro benzene ring substituents is 1. The number of hydrogen-bond acceptors (Lipinski definition) is 5. The first-order valence-corrected chi connectivity index (χ1v) is 8.44. The van der Waals surface area contributed by atoms with Crippen LogP contribution in [0.15, 0.2) is 42.5 Å². The van der Waals surface area contributed by atoms with Crippen LogP contribution in [-0.2, 0) is 0 Å².